The quantitative estimate of drug-likeness (QED) is 0.592. The first-order valence-corrected chi connectivity index (χ1v) is 9.98. The number of nitrogens with zero attached hydrogens (tertiary/aromatic N) is 3. The lowest BCUT2D eigenvalue weighted by Crippen LogP contribution is -2.30. The molecule has 1 saturated heterocycles. The molecule has 8 heteroatoms. The third-order valence-corrected chi connectivity index (χ3v) is 5.38. The van der Waals surface area contributed by atoms with E-state index in [0.29, 0.717) is 29.6 Å². The summed E-state index contributed by atoms with van der Waals surface area (Å²) in [6, 6.07) is 8.85. The number of amides is 1. The van der Waals surface area contributed by atoms with Gasteiger partial charge in [-0.05, 0) is 37.0 Å². The number of benzene rings is 1. The molecule has 0 saturated carbocycles. The summed E-state index contributed by atoms with van der Waals surface area (Å²) in [6.07, 6.45) is 1.73. The average molecular weight is 411 g/mol. The summed E-state index contributed by atoms with van der Waals surface area (Å²) in [5.41, 5.74) is 1.89. The standard InChI is InChI=1S/C22H25N3O5/c1-13(2)15-11-20(30-23-15)17-6-5-9-25(17)22(26)16-12-19(29-24-16)14-7-8-18(27-3)21(10-14)28-4/h7-8,10-13,17H,5-6,9H2,1-4H3/t17-/m0/s1. The minimum absolute atomic E-state index is 0.140. The minimum atomic E-state index is -0.185. The Morgan fingerprint density at radius 1 is 1.10 bits per heavy atom. The molecule has 2 aromatic heterocycles. The zero-order valence-electron chi connectivity index (χ0n) is 17.5. The van der Waals surface area contributed by atoms with Crippen LogP contribution >= 0.6 is 0 Å². The van der Waals surface area contributed by atoms with E-state index in [-0.39, 0.29) is 23.6 Å². The van der Waals surface area contributed by atoms with Crippen molar-refractivity contribution in [2.75, 3.05) is 20.8 Å². The van der Waals surface area contributed by atoms with Crippen LogP contribution in [0.3, 0.4) is 0 Å². The molecule has 3 heterocycles. The first-order chi connectivity index (χ1) is 14.5. The Bertz CT molecular complexity index is 1040. The van der Waals surface area contributed by atoms with Crippen molar-refractivity contribution >= 4 is 5.91 Å². The van der Waals surface area contributed by atoms with Gasteiger partial charge in [-0.1, -0.05) is 24.2 Å². The van der Waals surface area contributed by atoms with Gasteiger partial charge in [0.2, 0.25) is 0 Å². The predicted octanol–water partition coefficient (Wildman–Crippen LogP) is 4.45. The van der Waals surface area contributed by atoms with Crippen LogP contribution in [-0.4, -0.2) is 41.9 Å². The average Bonchev–Trinajstić information content (AvgIpc) is 3.52. The topological polar surface area (TPSA) is 90.8 Å². The molecule has 1 fully saturated rings. The van der Waals surface area contributed by atoms with Gasteiger partial charge >= 0.3 is 0 Å². The second-order valence-corrected chi connectivity index (χ2v) is 7.61. The normalized spacial score (nSPS) is 16.3. The highest BCUT2D eigenvalue weighted by atomic mass is 16.5. The van der Waals surface area contributed by atoms with Crippen LogP contribution in [0.2, 0.25) is 0 Å². The summed E-state index contributed by atoms with van der Waals surface area (Å²) < 4.78 is 21.6. The molecule has 1 amide bonds. The molecule has 1 aliphatic heterocycles. The van der Waals surface area contributed by atoms with Gasteiger partial charge in [-0.3, -0.25) is 4.79 Å². The number of hydrogen-bond donors (Lipinski definition) is 0. The highest BCUT2D eigenvalue weighted by Gasteiger charge is 2.35. The molecule has 30 heavy (non-hydrogen) atoms. The summed E-state index contributed by atoms with van der Waals surface area (Å²) in [6.45, 7) is 4.76. The Morgan fingerprint density at radius 3 is 2.60 bits per heavy atom. The first-order valence-electron chi connectivity index (χ1n) is 9.98. The number of hydrogen-bond acceptors (Lipinski definition) is 7. The Kier molecular flexibility index (Phi) is 5.48. The van der Waals surface area contributed by atoms with Gasteiger partial charge in [0.05, 0.1) is 26.0 Å². The largest absolute Gasteiger partial charge is 0.493 e. The van der Waals surface area contributed by atoms with Crippen LogP contribution in [0.25, 0.3) is 11.3 Å². The van der Waals surface area contributed by atoms with Crippen molar-refractivity contribution in [3.8, 4) is 22.8 Å². The van der Waals surface area contributed by atoms with Crippen LogP contribution in [-0.2, 0) is 0 Å². The number of carbonyl (C=O) groups is 1. The Labute approximate surface area is 174 Å². The van der Waals surface area contributed by atoms with Crippen LogP contribution in [0.15, 0.2) is 39.4 Å². The van der Waals surface area contributed by atoms with Gasteiger partial charge in [-0.25, -0.2) is 0 Å². The number of carbonyl (C=O) groups excluding carboxylic acids is 1. The monoisotopic (exact) mass is 411 g/mol. The van der Waals surface area contributed by atoms with E-state index in [1.807, 2.05) is 12.1 Å². The summed E-state index contributed by atoms with van der Waals surface area (Å²) in [5, 5.41) is 8.14. The maximum atomic E-state index is 13.1. The molecule has 1 atom stereocenters. The zero-order chi connectivity index (χ0) is 21.3. The molecule has 0 spiro atoms. The maximum Gasteiger partial charge on any atom is 0.276 e. The van der Waals surface area contributed by atoms with Gasteiger partial charge in [-0.15, -0.1) is 0 Å². The first kappa shape index (κ1) is 20.0. The van der Waals surface area contributed by atoms with Gasteiger partial charge in [0.15, 0.2) is 28.7 Å². The lowest BCUT2D eigenvalue weighted by Gasteiger charge is -2.21. The van der Waals surface area contributed by atoms with E-state index in [1.165, 1.54) is 0 Å². The predicted molar refractivity (Wildman–Crippen MR) is 109 cm³/mol. The fourth-order valence-electron chi connectivity index (χ4n) is 3.69. The van der Waals surface area contributed by atoms with E-state index in [0.717, 1.165) is 24.1 Å². The molecule has 0 N–H and O–H groups in total. The van der Waals surface area contributed by atoms with E-state index in [1.54, 1.807) is 37.3 Å². The van der Waals surface area contributed by atoms with Crippen LogP contribution < -0.4 is 9.47 Å². The molecule has 0 bridgehead atoms. The number of likely N-dealkylation sites (tertiary alicyclic amines) is 1. The molecule has 158 valence electrons. The van der Waals surface area contributed by atoms with Gasteiger partial charge in [0.25, 0.3) is 5.91 Å². The Hall–Kier alpha value is -3.29. The van der Waals surface area contributed by atoms with E-state index in [4.69, 9.17) is 18.5 Å². The lowest BCUT2D eigenvalue weighted by molar-refractivity contribution is 0.0704. The third kappa shape index (κ3) is 3.65. The molecule has 0 aliphatic carbocycles. The van der Waals surface area contributed by atoms with Crippen molar-refractivity contribution in [2.45, 2.75) is 38.6 Å². The highest BCUT2D eigenvalue weighted by Crippen LogP contribution is 2.36. The fourth-order valence-corrected chi connectivity index (χ4v) is 3.69. The Morgan fingerprint density at radius 2 is 1.90 bits per heavy atom. The molecular formula is C22H25N3O5. The lowest BCUT2D eigenvalue weighted by atomic mass is 10.1. The second-order valence-electron chi connectivity index (χ2n) is 7.61. The van der Waals surface area contributed by atoms with Gasteiger partial charge in [0, 0.05) is 24.2 Å². The van der Waals surface area contributed by atoms with Crippen LogP contribution in [0.4, 0.5) is 0 Å². The number of methoxy groups -OCH3 is 2. The van der Waals surface area contributed by atoms with E-state index < -0.39 is 0 Å². The van der Waals surface area contributed by atoms with E-state index >= 15 is 0 Å². The van der Waals surface area contributed by atoms with Crippen molar-refractivity contribution in [3.63, 3.8) is 0 Å². The minimum Gasteiger partial charge on any atom is -0.493 e. The molecular weight excluding hydrogens is 386 g/mol. The van der Waals surface area contributed by atoms with E-state index in [9.17, 15) is 4.79 Å². The molecule has 0 unspecified atom stereocenters. The number of ether oxygens (including phenoxy) is 2. The zero-order valence-corrected chi connectivity index (χ0v) is 17.5. The van der Waals surface area contributed by atoms with Crippen LogP contribution in [0, 0.1) is 0 Å². The third-order valence-electron chi connectivity index (χ3n) is 5.38. The Balaban J connectivity index is 1.56. The van der Waals surface area contributed by atoms with Gasteiger partial charge in [0.1, 0.15) is 0 Å². The second kappa shape index (κ2) is 8.22. The summed E-state index contributed by atoms with van der Waals surface area (Å²) >= 11 is 0. The summed E-state index contributed by atoms with van der Waals surface area (Å²) in [7, 11) is 3.15. The molecule has 1 aromatic carbocycles. The van der Waals surface area contributed by atoms with Gasteiger partial charge in [-0.2, -0.15) is 0 Å². The molecule has 1 aliphatic rings. The van der Waals surface area contributed by atoms with Crippen molar-refractivity contribution in [1.29, 1.82) is 0 Å². The number of rotatable bonds is 6. The smallest absolute Gasteiger partial charge is 0.276 e. The van der Waals surface area contributed by atoms with Crippen molar-refractivity contribution < 1.29 is 23.3 Å². The fraction of sp³-hybridized carbons (Fsp3) is 0.409. The SMILES string of the molecule is COc1ccc(-c2cc(C(=O)N3CCC[C@H]3c3cc(C(C)C)no3)no2)cc1OC. The number of aromatic nitrogens is 2. The molecule has 0 radical (unpaired) electrons. The van der Waals surface area contributed by atoms with Crippen molar-refractivity contribution in [1.82, 2.24) is 15.2 Å². The molecule has 8 nitrogen and oxygen atoms in total. The van der Waals surface area contributed by atoms with Crippen LogP contribution in [0.5, 0.6) is 11.5 Å². The molecule has 3 aromatic rings. The van der Waals surface area contributed by atoms with Crippen LogP contribution in [0.1, 0.15) is 60.6 Å². The summed E-state index contributed by atoms with van der Waals surface area (Å²) in [5.74, 6) is 2.48. The van der Waals surface area contributed by atoms with Gasteiger partial charge < -0.3 is 23.4 Å². The van der Waals surface area contributed by atoms with E-state index in [2.05, 4.69) is 24.2 Å². The highest BCUT2D eigenvalue weighted by molar-refractivity contribution is 5.93. The maximum absolute atomic E-state index is 13.1. The molecule has 4 rings (SSSR count). The van der Waals surface area contributed by atoms with Crippen molar-refractivity contribution in [3.05, 3.63) is 47.5 Å². The summed E-state index contributed by atoms with van der Waals surface area (Å²) in [4.78, 5) is 14.9. The van der Waals surface area contributed by atoms with Crippen molar-refractivity contribution in [2.24, 2.45) is 0 Å².